The molecule has 1 aliphatic heterocycles. The first-order valence-corrected chi connectivity index (χ1v) is 17.7. The Morgan fingerprint density at radius 1 is 0.837 bits per heavy atom. The fourth-order valence-corrected chi connectivity index (χ4v) is 6.81. The number of nitrogens with one attached hydrogen (secondary N) is 2. The van der Waals surface area contributed by atoms with Gasteiger partial charge in [0.1, 0.15) is 19.0 Å². The molecule has 2 aliphatic rings. The minimum absolute atomic E-state index is 0.0109. The summed E-state index contributed by atoms with van der Waals surface area (Å²) < 4.78 is 11.9. The summed E-state index contributed by atoms with van der Waals surface area (Å²) in [6, 6.07) is 27.2. The third-order valence-electron chi connectivity index (χ3n) is 9.67. The third kappa shape index (κ3) is 11.3. The molecule has 5 rings (SSSR count). The zero-order valence-corrected chi connectivity index (χ0v) is 28.4. The lowest BCUT2D eigenvalue weighted by atomic mass is 9.93. The van der Waals surface area contributed by atoms with Crippen LogP contribution in [0.15, 0.2) is 97.1 Å². The van der Waals surface area contributed by atoms with Crippen LogP contribution in [0, 0.1) is 11.8 Å². The Hall–Kier alpha value is -4.43. The molecule has 0 radical (unpaired) electrons. The Bertz CT molecular complexity index is 1500. The Kier molecular flexibility index (Phi) is 13.4. The number of allylic oxidation sites excluding steroid dienone is 2. The van der Waals surface area contributed by atoms with E-state index in [-0.39, 0.29) is 43.3 Å². The molecule has 0 spiro atoms. The lowest BCUT2D eigenvalue weighted by molar-refractivity contribution is -0.150. The average molecular weight is 667 g/mol. The summed E-state index contributed by atoms with van der Waals surface area (Å²) in [5.41, 5.74) is 2.52. The summed E-state index contributed by atoms with van der Waals surface area (Å²) in [4.78, 5) is 40.5. The van der Waals surface area contributed by atoms with Crippen molar-refractivity contribution in [3.63, 3.8) is 0 Å². The van der Waals surface area contributed by atoms with E-state index in [4.69, 9.17) is 9.47 Å². The topological polar surface area (TPSA) is 114 Å². The van der Waals surface area contributed by atoms with Crippen LogP contribution in [0.1, 0.15) is 74.5 Å². The highest BCUT2D eigenvalue weighted by Gasteiger charge is 2.36. The second-order valence-electron chi connectivity index (χ2n) is 13.6. The van der Waals surface area contributed by atoms with E-state index >= 15 is 0 Å². The minimum atomic E-state index is -0.603. The molecule has 0 bridgehead atoms. The second-order valence-corrected chi connectivity index (χ2v) is 13.6. The van der Waals surface area contributed by atoms with Gasteiger partial charge < -0.3 is 25.2 Å². The van der Waals surface area contributed by atoms with Crippen LogP contribution in [-0.2, 0) is 38.6 Å². The monoisotopic (exact) mass is 666 g/mol. The molecule has 3 aromatic carbocycles. The molecule has 2 amide bonds. The average Bonchev–Trinajstić information content (AvgIpc) is 3.59. The molecule has 49 heavy (non-hydrogen) atoms. The molecule has 1 heterocycles. The molecule has 3 N–H and O–H groups in total. The lowest BCUT2D eigenvalue weighted by Crippen LogP contribution is -2.50. The molecule has 0 aromatic heterocycles. The van der Waals surface area contributed by atoms with Crippen molar-refractivity contribution in [3.8, 4) is 5.75 Å². The van der Waals surface area contributed by atoms with Crippen LogP contribution in [0.2, 0.25) is 0 Å². The first-order valence-electron chi connectivity index (χ1n) is 17.7. The summed E-state index contributed by atoms with van der Waals surface area (Å²) in [6.07, 6.45) is 11.1. The van der Waals surface area contributed by atoms with Crippen molar-refractivity contribution in [2.24, 2.45) is 11.8 Å². The zero-order valence-electron chi connectivity index (χ0n) is 28.4. The number of carbonyl (C=O) groups excluding carboxylic acids is 3. The molecule has 8 nitrogen and oxygen atoms in total. The minimum Gasteiger partial charge on any atom is -0.489 e. The van der Waals surface area contributed by atoms with Gasteiger partial charge in [-0.05, 0) is 80.2 Å². The van der Waals surface area contributed by atoms with E-state index in [1.807, 2.05) is 97.1 Å². The van der Waals surface area contributed by atoms with Crippen LogP contribution in [0.4, 0.5) is 0 Å². The van der Waals surface area contributed by atoms with Crippen molar-refractivity contribution in [2.45, 2.75) is 88.8 Å². The number of carbonyl (C=O) groups is 3. The number of cyclic esters (lactones) is 1. The smallest absolute Gasteiger partial charge is 0.309 e. The van der Waals surface area contributed by atoms with Gasteiger partial charge in [-0.3, -0.25) is 14.4 Å². The predicted molar refractivity (Wildman–Crippen MR) is 190 cm³/mol. The van der Waals surface area contributed by atoms with Gasteiger partial charge in [0.2, 0.25) is 11.8 Å². The van der Waals surface area contributed by atoms with Crippen LogP contribution < -0.4 is 15.4 Å². The zero-order chi connectivity index (χ0) is 34.3. The van der Waals surface area contributed by atoms with Crippen LogP contribution in [0.25, 0.3) is 0 Å². The highest BCUT2D eigenvalue weighted by molar-refractivity contribution is 5.86. The van der Waals surface area contributed by atoms with E-state index in [1.54, 1.807) is 0 Å². The fraction of sp³-hybridized carbons (Fsp3) is 0.439. The van der Waals surface area contributed by atoms with Gasteiger partial charge in [0.15, 0.2) is 0 Å². The maximum Gasteiger partial charge on any atom is 0.309 e. The molecular weight excluding hydrogens is 616 g/mol. The van der Waals surface area contributed by atoms with Gasteiger partial charge in [-0.1, -0.05) is 97.8 Å². The Labute approximate surface area is 290 Å². The Morgan fingerprint density at radius 3 is 2.20 bits per heavy atom. The molecule has 3 aromatic rings. The van der Waals surface area contributed by atoms with E-state index in [2.05, 4.69) is 10.6 Å². The Balaban J connectivity index is 1.29. The first-order chi connectivity index (χ1) is 23.9. The van der Waals surface area contributed by atoms with E-state index in [9.17, 15) is 19.5 Å². The van der Waals surface area contributed by atoms with Crippen LogP contribution in [0.3, 0.4) is 0 Å². The van der Waals surface area contributed by atoms with Crippen LogP contribution >= 0.6 is 0 Å². The van der Waals surface area contributed by atoms with Crippen molar-refractivity contribution in [3.05, 3.63) is 114 Å². The molecule has 1 fully saturated rings. The first kappa shape index (κ1) is 35.9. The predicted octanol–water partition coefficient (Wildman–Crippen LogP) is 6.25. The van der Waals surface area contributed by atoms with Crippen molar-refractivity contribution in [2.75, 3.05) is 13.2 Å². The summed E-state index contributed by atoms with van der Waals surface area (Å²) in [5, 5.41) is 16.2. The van der Waals surface area contributed by atoms with Crippen molar-refractivity contribution >= 4 is 17.8 Å². The molecule has 8 heteroatoms. The normalized spacial score (nSPS) is 21.6. The van der Waals surface area contributed by atoms with Gasteiger partial charge >= 0.3 is 5.97 Å². The quantitative estimate of drug-likeness (QED) is 0.165. The molecule has 3 unspecified atom stereocenters. The van der Waals surface area contributed by atoms with E-state index < -0.39 is 17.5 Å². The van der Waals surface area contributed by atoms with Gasteiger partial charge in [-0.15, -0.1) is 0 Å². The molecular formula is C41H50N2O6. The molecule has 260 valence electrons. The largest absolute Gasteiger partial charge is 0.489 e. The van der Waals surface area contributed by atoms with Gasteiger partial charge in [0, 0.05) is 6.42 Å². The molecule has 1 aliphatic carbocycles. The number of esters is 1. The standard InChI is InChI=1S/C41H50N2O6/c44-30-41(23-11-12-24-41)43-38(45)27-34-17-9-1-2-10-18-35(25-31-13-5-3-6-14-31)40(47)49-29-36(42-39(34)46)26-32-19-21-37(22-20-32)48-28-33-15-7-4-8-16-33/h1,3-9,13-16,19-22,34-36,44H,2,10-12,17-18,23-30H2,(H,42,46)(H,43,45). The lowest BCUT2D eigenvalue weighted by Gasteiger charge is -2.29. The summed E-state index contributed by atoms with van der Waals surface area (Å²) in [6.45, 7) is 0.372. The maximum absolute atomic E-state index is 13.8. The number of aliphatic hydroxyl groups is 1. The summed E-state index contributed by atoms with van der Waals surface area (Å²) in [5.74, 6) is -0.917. The number of aliphatic hydroxyl groups excluding tert-OH is 1. The molecule has 3 atom stereocenters. The van der Waals surface area contributed by atoms with Crippen molar-refractivity contribution in [1.82, 2.24) is 10.6 Å². The molecule has 1 saturated carbocycles. The Morgan fingerprint density at radius 2 is 1.51 bits per heavy atom. The van der Waals surface area contributed by atoms with Crippen molar-refractivity contribution in [1.29, 1.82) is 0 Å². The maximum atomic E-state index is 13.8. The highest BCUT2D eigenvalue weighted by atomic mass is 16.5. The highest BCUT2D eigenvalue weighted by Crippen LogP contribution is 2.29. The van der Waals surface area contributed by atoms with Gasteiger partial charge in [0.25, 0.3) is 0 Å². The number of amides is 2. The second kappa shape index (κ2) is 18.4. The van der Waals surface area contributed by atoms with Crippen molar-refractivity contribution < 1.29 is 29.0 Å². The number of benzene rings is 3. The van der Waals surface area contributed by atoms with Gasteiger partial charge in [0.05, 0.1) is 30.0 Å². The SMILES string of the molecule is O=C(CC1CC=CCCCC(Cc2ccccc2)C(=O)OCC(Cc2ccc(OCc3ccccc3)cc2)NC1=O)NC1(CO)CCCC1. The number of rotatable bonds is 11. The van der Waals surface area contributed by atoms with E-state index in [0.29, 0.717) is 32.3 Å². The van der Waals surface area contributed by atoms with Crippen LogP contribution in [-0.4, -0.2) is 47.7 Å². The number of ether oxygens (including phenoxy) is 2. The number of hydrogen-bond acceptors (Lipinski definition) is 6. The van der Waals surface area contributed by atoms with Gasteiger partial charge in [-0.2, -0.15) is 0 Å². The van der Waals surface area contributed by atoms with Gasteiger partial charge in [-0.25, -0.2) is 0 Å². The summed E-state index contributed by atoms with van der Waals surface area (Å²) >= 11 is 0. The fourth-order valence-electron chi connectivity index (χ4n) is 6.81. The van der Waals surface area contributed by atoms with E-state index in [1.165, 1.54) is 0 Å². The van der Waals surface area contributed by atoms with E-state index in [0.717, 1.165) is 61.0 Å². The summed E-state index contributed by atoms with van der Waals surface area (Å²) in [7, 11) is 0. The van der Waals surface area contributed by atoms with Crippen LogP contribution in [0.5, 0.6) is 5.75 Å². The number of hydrogen-bond donors (Lipinski definition) is 3. The molecule has 0 saturated heterocycles. The third-order valence-corrected chi connectivity index (χ3v) is 9.67.